The highest BCUT2D eigenvalue weighted by molar-refractivity contribution is 6.35. The summed E-state index contributed by atoms with van der Waals surface area (Å²) in [5.74, 6) is 0.333. The Bertz CT molecular complexity index is 891. The first-order valence-corrected chi connectivity index (χ1v) is 8.00. The molecule has 0 radical (unpaired) electrons. The first kappa shape index (κ1) is 17.5. The Morgan fingerprint density at radius 1 is 1.08 bits per heavy atom. The third kappa shape index (κ3) is 3.01. The van der Waals surface area contributed by atoms with Crippen molar-refractivity contribution in [2.45, 2.75) is 6.92 Å². The minimum atomic E-state index is -0.478. The molecule has 2 aromatic rings. The molecule has 6 nitrogen and oxygen atoms in total. The van der Waals surface area contributed by atoms with Crippen molar-refractivity contribution < 1.29 is 23.8 Å². The molecule has 0 atom stereocenters. The Labute approximate surface area is 151 Å². The van der Waals surface area contributed by atoms with Crippen LogP contribution in [0.2, 0.25) is 0 Å². The lowest BCUT2D eigenvalue weighted by Crippen LogP contribution is -2.20. The first-order valence-electron chi connectivity index (χ1n) is 8.00. The van der Waals surface area contributed by atoms with Crippen LogP contribution in [0.4, 0.5) is 5.69 Å². The van der Waals surface area contributed by atoms with Crippen LogP contribution in [-0.4, -0.2) is 33.1 Å². The summed E-state index contributed by atoms with van der Waals surface area (Å²) in [5.41, 5.74) is 3.00. The van der Waals surface area contributed by atoms with Gasteiger partial charge >= 0.3 is 5.97 Å². The highest BCUT2D eigenvalue weighted by atomic mass is 16.6. The maximum absolute atomic E-state index is 12.6. The number of nitrogens with zero attached hydrogens (tertiary/aromatic N) is 1. The normalized spacial score (nSPS) is 14.4. The summed E-state index contributed by atoms with van der Waals surface area (Å²) in [6, 6.07) is 11.0. The van der Waals surface area contributed by atoms with Crippen molar-refractivity contribution in [1.29, 1.82) is 0 Å². The molecule has 6 heteroatoms. The van der Waals surface area contributed by atoms with Crippen LogP contribution in [0.1, 0.15) is 18.1 Å². The van der Waals surface area contributed by atoms with Gasteiger partial charge in [-0.05, 0) is 29.8 Å². The number of esters is 1. The predicted octanol–water partition coefficient (Wildman–Crippen LogP) is 3.15. The average molecular weight is 353 g/mol. The summed E-state index contributed by atoms with van der Waals surface area (Å²) in [6.45, 7) is 1.30. The van der Waals surface area contributed by atoms with Crippen molar-refractivity contribution in [3.63, 3.8) is 0 Å². The Hall–Kier alpha value is -3.28. The summed E-state index contributed by atoms with van der Waals surface area (Å²) >= 11 is 0. The quantitative estimate of drug-likeness (QED) is 0.480. The molecule has 1 aliphatic heterocycles. The molecule has 1 heterocycles. The van der Waals surface area contributed by atoms with Gasteiger partial charge in [-0.1, -0.05) is 18.2 Å². The fourth-order valence-corrected chi connectivity index (χ4v) is 2.93. The van der Waals surface area contributed by atoms with Crippen LogP contribution >= 0.6 is 0 Å². The molecular weight excluding hydrogens is 334 g/mol. The van der Waals surface area contributed by atoms with E-state index in [-0.39, 0.29) is 11.7 Å². The number of benzene rings is 2. The number of anilines is 1. The van der Waals surface area contributed by atoms with Gasteiger partial charge in [0.25, 0.3) is 5.91 Å². The molecule has 0 bridgehead atoms. The molecule has 0 N–H and O–H groups in total. The van der Waals surface area contributed by atoms with E-state index in [1.807, 2.05) is 24.3 Å². The van der Waals surface area contributed by atoms with Gasteiger partial charge in [0.1, 0.15) is 0 Å². The molecular formula is C20H19NO5. The van der Waals surface area contributed by atoms with E-state index < -0.39 is 5.97 Å². The van der Waals surface area contributed by atoms with Gasteiger partial charge in [-0.2, -0.15) is 0 Å². The van der Waals surface area contributed by atoms with Crippen molar-refractivity contribution in [1.82, 2.24) is 0 Å². The second-order valence-electron chi connectivity index (χ2n) is 5.79. The molecule has 1 amide bonds. The zero-order valence-electron chi connectivity index (χ0n) is 15.0. The summed E-state index contributed by atoms with van der Waals surface area (Å²) < 4.78 is 15.9. The average Bonchev–Trinajstić information content (AvgIpc) is 2.87. The monoisotopic (exact) mass is 353 g/mol. The number of carbonyl (C=O) groups excluding carboxylic acids is 2. The third-order valence-corrected chi connectivity index (χ3v) is 4.13. The van der Waals surface area contributed by atoms with Crippen LogP contribution in [0.15, 0.2) is 36.4 Å². The molecule has 2 aromatic carbocycles. The van der Waals surface area contributed by atoms with Crippen molar-refractivity contribution in [3.8, 4) is 17.2 Å². The second kappa shape index (κ2) is 6.92. The molecule has 0 spiro atoms. The van der Waals surface area contributed by atoms with E-state index in [9.17, 15) is 9.59 Å². The number of carbonyl (C=O) groups is 2. The van der Waals surface area contributed by atoms with Gasteiger partial charge in [-0.25, -0.2) is 0 Å². The number of likely N-dealkylation sites (N-methyl/N-ethyl adjacent to an activating group) is 1. The van der Waals surface area contributed by atoms with Crippen LogP contribution in [0.3, 0.4) is 0 Å². The molecule has 0 unspecified atom stereocenters. The number of rotatable bonds is 4. The maximum atomic E-state index is 12.6. The zero-order chi connectivity index (χ0) is 18.8. The summed E-state index contributed by atoms with van der Waals surface area (Å²) in [7, 11) is 4.69. The van der Waals surface area contributed by atoms with Gasteiger partial charge in [0.2, 0.25) is 5.75 Å². The smallest absolute Gasteiger partial charge is 0.308 e. The van der Waals surface area contributed by atoms with E-state index >= 15 is 0 Å². The van der Waals surface area contributed by atoms with Crippen LogP contribution in [-0.2, 0) is 9.59 Å². The number of amides is 1. The lowest BCUT2D eigenvalue weighted by atomic mass is 10.0. The number of hydrogen-bond donors (Lipinski definition) is 0. The summed E-state index contributed by atoms with van der Waals surface area (Å²) in [6.07, 6.45) is 1.77. The van der Waals surface area contributed by atoms with Gasteiger partial charge in [-0.15, -0.1) is 0 Å². The molecule has 0 aliphatic carbocycles. The van der Waals surface area contributed by atoms with Crippen LogP contribution in [0.25, 0.3) is 11.6 Å². The second-order valence-corrected chi connectivity index (χ2v) is 5.79. The Morgan fingerprint density at radius 3 is 2.27 bits per heavy atom. The molecule has 26 heavy (non-hydrogen) atoms. The van der Waals surface area contributed by atoms with E-state index in [4.69, 9.17) is 14.2 Å². The van der Waals surface area contributed by atoms with Crippen molar-refractivity contribution in [2.24, 2.45) is 0 Å². The van der Waals surface area contributed by atoms with Crippen LogP contribution in [0, 0.1) is 0 Å². The van der Waals surface area contributed by atoms with Gasteiger partial charge in [0.05, 0.1) is 19.9 Å². The zero-order valence-corrected chi connectivity index (χ0v) is 15.0. The molecule has 1 aliphatic rings. The third-order valence-electron chi connectivity index (χ3n) is 4.13. The van der Waals surface area contributed by atoms with Crippen LogP contribution in [0.5, 0.6) is 17.2 Å². The van der Waals surface area contributed by atoms with Gasteiger partial charge in [-0.3, -0.25) is 9.59 Å². The van der Waals surface area contributed by atoms with Crippen molar-refractivity contribution in [2.75, 3.05) is 26.2 Å². The molecule has 3 rings (SSSR count). The SMILES string of the molecule is COc1cc(/C=C2/C(=O)N(C)c3ccccc32)cc(OC)c1OC(C)=O. The van der Waals surface area contributed by atoms with E-state index in [0.29, 0.717) is 22.6 Å². The van der Waals surface area contributed by atoms with Gasteiger partial charge in [0.15, 0.2) is 11.5 Å². The van der Waals surface area contributed by atoms with Gasteiger partial charge in [0, 0.05) is 25.1 Å². The minimum Gasteiger partial charge on any atom is -0.493 e. The molecule has 0 saturated heterocycles. The molecule has 0 aromatic heterocycles. The lowest BCUT2D eigenvalue weighted by molar-refractivity contribution is -0.132. The highest BCUT2D eigenvalue weighted by Crippen LogP contribution is 2.41. The predicted molar refractivity (Wildman–Crippen MR) is 98.6 cm³/mol. The lowest BCUT2D eigenvalue weighted by Gasteiger charge is -2.13. The number of hydrogen-bond acceptors (Lipinski definition) is 5. The van der Waals surface area contributed by atoms with Crippen molar-refractivity contribution in [3.05, 3.63) is 47.5 Å². The van der Waals surface area contributed by atoms with E-state index in [2.05, 4.69) is 0 Å². The maximum Gasteiger partial charge on any atom is 0.308 e. The molecule has 0 saturated carbocycles. The summed E-state index contributed by atoms with van der Waals surface area (Å²) in [5, 5.41) is 0. The van der Waals surface area contributed by atoms with Crippen molar-refractivity contribution >= 4 is 29.2 Å². The van der Waals surface area contributed by atoms with E-state index in [1.54, 1.807) is 30.2 Å². The first-order chi connectivity index (χ1) is 12.5. The summed E-state index contributed by atoms with van der Waals surface area (Å²) in [4.78, 5) is 25.6. The fraction of sp³-hybridized carbons (Fsp3) is 0.200. The Morgan fingerprint density at radius 2 is 1.69 bits per heavy atom. The van der Waals surface area contributed by atoms with E-state index in [0.717, 1.165) is 11.3 Å². The topological polar surface area (TPSA) is 65.1 Å². The largest absolute Gasteiger partial charge is 0.493 e. The number of para-hydroxylation sites is 1. The minimum absolute atomic E-state index is 0.0896. The number of fused-ring (bicyclic) bond motifs is 1. The highest BCUT2D eigenvalue weighted by Gasteiger charge is 2.29. The molecule has 134 valence electrons. The Balaban J connectivity index is 2.12. The van der Waals surface area contributed by atoms with E-state index in [1.165, 1.54) is 21.1 Å². The fourth-order valence-electron chi connectivity index (χ4n) is 2.93. The Kier molecular flexibility index (Phi) is 4.67. The molecule has 0 fully saturated rings. The number of ether oxygens (including phenoxy) is 3. The van der Waals surface area contributed by atoms with Crippen LogP contribution < -0.4 is 19.1 Å². The van der Waals surface area contributed by atoms with Gasteiger partial charge < -0.3 is 19.1 Å². The standard InChI is InChI=1S/C20H19NO5/c1-12(22)26-19-17(24-3)10-13(11-18(19)25-4)9-15-14-7-5-6-8-16(14)21(2)20(15)23/h5-11H,1-4H3/b15-9+. The number of methoxy groups -OCH3 is 2.